The Morgan fingerprint density at radius 3 is 2.90 bits per heavy atom. The summed E-state index contributed by atoms with van der Waals surface area (Å²) >= 11 is 0. The third-order valence-electron chi connectivity index (χ3n) is 3.22. The molecule has 21 heavy (non-hydrogen) atoms. The molecule has 1 aliphatic heterocycles. The van der Waals surface area contributed by atoms with Crippen LogP contribution in [0.15, 0.2) is 17.1 Å². The molecular weight excluding hydrogens is 282 g/mol. The standard InChI is InChI=1S/C12H19N3O6/c1-19-4-5-20-10-9(17)7(6-16)21-11(10)15-3-2-8(13)14-12(15)18/h2-3,7,9-11,16-17H,4-6H2,1H3,(H2,13,14,18). The molecule has 1 saturated heterocycles. The van der Waals surface area contributed by atoms with Crippen LogP contribution in [0.2, 0.25) is 0 Å². The van der Waals surface area contributed by atoms with Crippen molar-refractivity contribution in [2.75, 3.05) is 32.7 Å². The third kappa shape index (κ3) is 3.39. The van der Waals surface area contributed by atoms with Gasteiger partial charge in [-0.3, -0.25) is 4.57 Å². The molecule has 4 unspecified atom stereocenters. The molecule has 2 heterocycles. The Balaban J connectivity index is 2.23. The number of aliphatic hydroxyl groups excluding tert-OH is 2. The van der Waals surface area contributed by atoms with E-state index in [9.17, 15) is 15.0 Å². The van der Waals surface area contributed by atoms with Crippen molar-refractivity contribution in [3.05, 3.63) is 22.7 Å². The molecule has 0 amide bonds. The van der Waals surface area contributed by atoms with Crippen molar-refractivity contribution in [2.24, 2.45) is 0 Å². The third-order valence-corrected chi connectivity index (χ3v) is 3.22. The number of rotatable bonds is 6. The first-order chi connectivity index (χ1) is 10.1. The van der Waals surface area contributed by atoms with Gasteiger partial charge in [-0.1, -0.05) is 0 Å². The van der Waals surface area contributed by atoms with Crippen LogP contribution in [-0.4, -0.2) is 65.0 Å². The zero-order valence-corrected chi connectivity index (χ0v) is 11.6. The predicted molar refractivity (Wildman–Crippen MR) is 71.5 cm³/mol. The van der Waals surface area contributed by atoms with Gasteiger partial charge in [0.15, 0.2) is 6.23 Å². The van der Waals surface area contributed by atoms with Crippen LogP contribution in [0.25, 0.3) is 0 Å². The molecule has 0 saturated carbocycles. The summed E-state index contributed by atoms with van der Waals surface area (Å²) in [5, 5.41) is 19.3. The molecule has 0 aliphatic carbocycles. The van der Waals surface area contributed by atoms with Crippen molar-refractivity contribution in [3.63, 3.8) is 0 Å². The molecule has 0 bridgehead atoms. The lowest BCUT2D eigenvalue weighted by Gasteiger charge is -2.22. The highest BCUT2D eigenvalue weighted by Gasteiger charge is 2.45. The summed E-state index contributed by atoms with van der Waals surface area (Å²) in [6.07, 6.45) is -2.21. The number of ether oxygens (including phenoxy) is 3. The van der Waals surface area contributed by atoms with Crippen molar-refractivity contribution < 1.29 is 24.4 Å². The fourth-order valence-corrected chi connectivity index (χ4v) is 2.16. The van der Waals surface area contributed by atoms with Gasteiger partial charge in [0.1, 0.15) is 24.1 Å². The van der Waals surface area contributed by atoms with E-state index in [4.69, 9.17) is 19.9 Å². The lowest BCUT2D eigenvalue weighted by atomic mass is 10.1. The maximum atomic E-state index is 11.9. The molecule has 1 aromatic rings. The second-order valence-electron chi connectivity index (χ2n) is 4.61. The molecule has 0 aromatic carbocycles. The Bertz CT molecular complexity index is 522. The molecular formula is C12H19N3O6. The normalized spacial score (nSPS) is 28.9. The van der Waals surface area contributed by atoms with Gasteiger partial charge < -0.3 is 30.2 Å². The van der Waals surface area contributed by atoms with Gasteiger partial charge in [0.05, 0.1) is 19.8 Å². The quantitative estimate of drug-likeness (QED) is 0.520. The molecule has 1 aliphatic rings. The number of aromatic nitrogens is 2. The summed E-state index contributed by atoms with van der Waals surface area (Å²) < 4.78 is 17.0. The van der Waals surface area contributed by atoms with E-state index < -0.39 is 30.2 Å². The minimum absolute atomic E-state index is 0.0883. The van der Waals surface area contributed by atoms with Crippen LogP contribution in [-0.2, 0) is 14.2 Å². The van der Waals surface area contributed by atoms with Crippen LogP contribution >= 0.6 is 0 Å². The lowest BCUT2D eigenvalue weighted by Crippen LogP contribution is -2.38. The fraction of sp³-hybridized carbons (Fsp3) is 0.667. The maximum absolute atomic E-state index is 11.9. The van der Waals surface area contributed by atoms with Crippen molar-refractivity contribution >= 4 is 5.82 Å². The van der Waals surface area contributed by atoms with Crippen molar-refractivity contribution in [1.29, 1.82) is 0 Å². The Morgan fingerprint density at radius 1 is 1.52 bits per heavy atom. The van der Waals surface area contributed by atoms with E-state index in [1.54, 1.807) is 0 Å². The molecule has 9 heteroatoms. The van der Waals surface area contributed by atoms with E-state index in [1.165, 1.54) is 23.9 Å². The average molecular weight is 301 g/mol. The topological polar surface area (TPSA) is 129 Å². The van der Waals surface area contributed by atoms with E-state index in [1.807, 2.05) is 0 Å². The van der Waals surface area contributed by atoms with Gasteiger partial charge in [-0.05, 0) is 6.07 Å². The number of aliphatic hydroxyl groups is 2. The fourth-order valence-electron chi connectivity index (χ4n) is 2.16. The van der Waals surface area contributed by atoms with E-state index in [0.717, 1.165) is 0 Å². The summed E-state index contributed by atoms with van der Waals surface area (Å²) in [5.74, 6) is 0.0883. The van der Waals surface area contributed by atoms with Crippen LogP contribution in [0.1, 0.15) is 6.23 Å². The Morgan fingerprint density at radius 2 is 2.29 bits per heavy atom. The van der Waals surface area contributed by atoms with E-state index in [0.29, 0.717) is 6.61 Å². The molecule has 1 fully saturated rings. The van der Waals surface area contributed by atoms with Crippen LogP contribution in [0, 0.1) is 0 Å². The van der Waals surface area contributed by atoms with Crippen LogP contribution in [0.3, 0.4) is 0 Å². The zero-order chi connectivity index (χ0) is 15.4. The summed E-state index contributed by atoms with van der Waals surface area (Å²) in [6, 6.07) is 1.44. The molecule has 9 nitrogen and oxygen atoms in total. The lowest BCUT2D eigenvalue weighted by molar-refractivity contribution is -0.0818. The Kier molecular flexibility index (Phi) is 5.26. The summed E-state index contributed by atoms with van der Waals surface area (Å²) in [4.78, 5) is 15.5. The smallest absolute Gasteiger partial charge is 0.351 e. The Labute approximate surface area is 120 Å². The largest absolute Gasteiger partial charge is 0.394 e. The molecule has 0 spiro atoms. The highest BCUT2D eigenvalue weighted by molar-refractivity contribution is 5.23. The maximum Gasteiger partial charge on any atom is 0.351 e. The minimum atomic E-state index is -1.07. The van der Waals surface area contributed by atoms with Gasteiger partial charge >= 0.3 is 5.69 Å². The molecule has 4 atom stereocenters. The highest BCUT2D eigenvalue weighted by atomic mass is 16.6. The average Bonchev–Trinajstić information content (AvgIpc) is 2.76. The number of methoxy groups -OCH3 is 1. The number of hydrogen-bond donors (Lipinski definition) is 3. The summed E-state index contributed by atoms with van der Waals surface area (Å²) in [7, 11) is 1.52. The number of nitrogens with zero attached hydrogens (tertiary/aromatic N) is 2. The molecule has 0 radical (unpaired) electrons. The first-order valence-electron chi connectivity index (χ1n) is 6.48. The van der Waals surface area contributed by atoms with Gasteiger partial charge in [0.25, 0.3) is 0 Å². The molecule has 4 N–H and O–H groups in total. The van der Waals surface area contributed by atoms with Gasteiger partial charge in [0, 0.05) is 13.3 Å². The molecule has 118 valence electrons. The Hall–Kier alpha value is -1.52. The van der Waals surface area contributed by atoms with Gasteiger partial charge in [-0.2, -0.15) is 4.98 Å². The molecule has 1 aromatic heterocycles. The van der Waals surface area contributed by atoms with E-state index in [-0.39, 0.29) is 19.0 Å². The SMILES string of the molecule is COCCOC1C(O)C(CO)OC1n1ccc(N)nc1=O. The first-order valence-corrected chi connectivity index (χ1v) is 6.48. The predicted octanol–water partition coefficient (Wildman–Crippen LogP) is -1.89. The summed E-state index contributed by atoms with van der Waals surface area (Å²) in [5.41, 5.74) is 4.82. The number of nitrogens with two attached hydrogens (primary N) is 1. The monoisotopic (exact) mass is 301 g/mol. The number of hydrogen-bond acceptors (Lipinski definition) is 8. The first kappa shape index (κ1) is 15.9. The van der Waals surface area contributed by atoms with Crippen molar-refractivity contribution in [2.45, 2.75) is 24.5 Å². The minimum Gasteiger partial charge on any atom is -0.394 e. The van der Waals surface area contributed by atoms with Gasteiger partial charge in [0.2, 0.25) is 0 Å². The highest BCUT2D eigenvalue weighted by Crippen LogP contribution is 2.30. The zero-order valence-electron chi connectivity index (χ0n) is 11.6. The van der Waals surface area contributed by atoms with Crippen LogP contribution in [0.4, 0.5) is 5.82 Å². The second-order valence-corrected chi connectivity index (χ2v) is 4.61. The van der Waals surface area contributed by atoms with Gasteiger partial charge in [-0.15, -0.1) is 0 Å². The van der Waals surface area contributed by atoms with Crippen LogP contribution < -0.4 is 11.4 Å². The summed E-state index contributed by atoms with van der Waals surface area (Å²) in [6.45, 7) is 0.154. The molecule has 2 rings (SSSR count). The van der Waals surface area contributed by atoms with Gasteiger partial charge in [-0.25, -0.2) is 4.79 Å². The van der Waals surface area contributed by atoms with E-state index >= 15 is 0 Å². The number of nitrogen functional groups attached to an aromatic ring is 1. The van der Waals surface area contributed by atoms with E-state index in [2.05, 4.69) is 4.98 Å². The second kappa shape index (κ2) is 6.96. The number of anilines is 1. The van der Waals surface area contributed by atoms with Crippen molar-refractivity contribution in [1.82, 2.24) is 9.55 Å². The van der Waals surface area contributed by atoms with Crippen LogP contribution in [0.5, 0.6) is 0 Å². The van der Waals surface area contributed by atoms with Crippen molar-refractivity contribution in [3.8, 4) is 0 Å².